The summed E-state index contributed by atoms with van der Waals surface area (Å²) in [5.74, 6) is -1.93. The minimum atomic E-state index is -4.68. The molecule has 4 rings (SSSR count). The van der Waals surface area contributed by atoms with Crippen molar-refractivity contribution < 1.29 is 27.5 Å². The molecule has 1 saturated carbocycles. The fourth-order valence-electron chi connectivity index (χ4n) is 4.55. The number of fused-ring (bicyclic) bond motifs is 1. The van der Waals surface area contributed by atoms with Crippen LogP contribution in [0.25, 0.3) is 11.8 Å². The Morgan fingerprint density at radius 1 is 1.24 bits per heavy atom. The summed E-state index contributed by atoms with van der Waals surface area (Å²) >= 11 is 0. The molecule has 1 aromatic carbocycles. The molecule has 1 amide bonds. The molecular weight excluding hydrogens is 440 g/mol. The SMILES string of the molecule is CC1(C)C=Cc2c(C(F)(F)F)nn(-c3cc(F)c(C(N)=O)c(NC4CCC(O)CC4)c3)c2C1. The number of aromatic nitrogens is 2. The number of allylic oxidation sites excluding steroid dienone is 1. The molecule has 6 nitrogen and oxygen atoms in total. The molecule has 2 aliphatic rings. The highest BCUT2D eigenvalue weighted by molar-refractivity contribution is 5.99. The van der Waals surface area contributed by atoms with Crippen LogP contribution in [0.1, 0.15) is 66.8 Å². The van der Waals surface area contributed by atoms with E-state index in [9.17, 15) is 23.1 Å². The molecule has 0 unspecified atom stereocenters. The number of carbonyl (C=O) groups is 1. The number of hydrogen-bond donors (Lipinski definition) is 3. The van der Waals surface area contributed by atoms with Crippen LogP contribution in [0.2, 0.25) is 0 Å². The molecular formula is C23H26F4N4O2. The van der Waals surface area contributed by atoms with Gasteiger partial charge in [0.25, 0.3) is 5.91 Å². The first-order valence-electron chi connectivity index (χ1n) is 10.8. The highest BCUT2D eigenvalue weighted by Crippen LogP contribution is 2.41. The van der Waals surface area contributed by atoms with E-state index in [1.165, 1.54) is 12.1 Å². The van der Waals surface area contributed by atoms with Gasteiger partial charge < -0.3 is 16.2 Å². The number of nitrogens with zero attached hydrogens (tertiary/aromatic N) is 2. The monoisotopic (exact) mass is 466 g/mol. The summed E-state index contributed by atoms with van der Waals surface area (Å²) in [6.07, 6.45) is 0.586. The van der Waals surface area contributed by atoms with Crippen LogP contribution in [0.3, 0.4) is 0 Å². The van der Waals surface area contributed by atoms with E-state index in [1.807, 2.05) is 13.8 Å². The zero-order valence-electron chi connectivity index (χ0n) is 18.3. The number of benzene rings is 1. The predicted octanol–water partition coefficient (Wildman–Crippen LogP) is 4.44. The fraction of sp³-hybridized carbons (Fsp3) is 0.478. The number of nitrogens with one attached hydrogen (secondary N) is 1. The van der Waals surface area contributed by atoms with Crippen LogP contribution < -0.4 is 11.1 Å². The summed E-state index contributed by atoms with van der Waals surface area (Å²) in [7, 11) is 0. The summed E-state index contributed by atoms with van der Waals surface area (Å²) in [5, 5.41) is 16.6. The molecule has 0 saturated heterocycles. The topological polar surface area (TPSA) is 93.2 Å². The van der Waals surface area contributed by atoms with Crippen LogP contribution in [0.5, 0.6) is 0 Å². The highest BCUT2D eigenvalue weighted by atomic mass is 19.4. The largest absolute Gasteiger partial charge is 0.435 e. The van der Waals surface area contributed by atoms with Crippen LogP contribution in [-0.2, 0) is 12.6 Å². The average molecular weight is 466 g/mol. The first-order chi connectivity index (χ1) is 15.4. The fourth-order valence-corrected chi connectivity index (χ4v) is 4.55. The standard InChI is InChI=1S/C23H26F4N4O2/c1-22(2)8-7-15-18(11-22)31(30-20(15)23(25,26)27)13-9-16(24)19(21(28)33)17(10-13)29-12-3-5-14(32)6-4-12/h7-10,12,14,29,32H,3-6,11H2,1-2H3,(H2,28,33). The number of amides is 1. The van der Waals surface area contributed by atoms with Crippen molar-refractivity contribution in [2.24, 2.45) is 11.1 Å². The Labute approximate surface area is 188 Å². The molecule has 2 aliphatic carbocycles. The van der Waals surface area contributed by atoms with Crippen molar-refractivity contribution in [3.63, 3.8) is 0 Å². The number of aliphatic hydroxyl groups excluding tert-OH is 1. The van der Waals surface area contributed by atoms with Gasteiger partial charge in [-0.25, -0.2) is 9.07 Å². The zero-order valence-corrected chi connectivity index (χ0v) is 18.3. The Hall–Kier alpha value is -2.88. The minimum Gasteiger partial charge on any atom is -0.393 e. The second-order valence-electron chi connectivity index (χ2n) is 9.48. The first-order valence-corrected chi connectivity index (χ1v) is 10.8. The average Bonchev–Trinajstić information content (AvgIpc) is 3.07. The molecule has 0 aliphatic heterocycles. The molecule has 1 aromatic heterocycles. The predicted molar refractivity (Wildman–Crippen MR) is 115 cm³/mol. The number of carbonyl (C=O) groups excluding carboxylic acids is 1. The molecule has 178 valence electrons. The van der Waals surface area contributed by atoms with Crippen molar-refractivity contribution in [3.8, 4) is 5.69 Å². The van der Waals surface area contributed by atoms with E-state index < -0.39 is 35.1 Å². The summed E-state index contributed by atoms with van der Waals surface area (Å²) < 4.78 is 57.2. The molecule has 33 heavy (non-hydrogen) atoms. The van der Waals surface area contributed by atoms with E-state index in [-0.39, 0.29) is 35.0 Å². The van der Waals surface area contributed by atoms with Crippen LogP contribution >= 0.6 is 0 Å². The van der Waals surface area contributed by atoms with Crippen molar-refractivity contribution in [1.29, 1.82) is 0 Å². The third-order valence-electron chi connectivity index (χ3n) is 6.24. The maximum Gasteiger partial charge on any atom is 0.435 e. The van der Waals surface area contributed by atoms with Gasteiger partial charge in [0.15, 0.2) is 5.69 Å². The Kier molecular flexibility index (Phi) is 5.76. The Morgan fingerprint density at radius 2 is 1.91 bits per heavy atom. The van der Waals surface area contributed by atoms with Gasteiger partial charge in [-0.15, -0.1) is 0 Å². The molecule has 0 atom stereocenters. The first kappa shape index (κ1) is 23.3. The number of aliphatic hydroxyl groups is 1. The van der Waals surface area contributed by atoms with Crippen molar-refractivity contribution in [3.05, 3.63) is 46.5 Å². The zero-order chi connectivity index (χ0) is 24.1. The molecule has 4 N–H and O–H groups in total. The van der Waals surface area contributed by atoms with E-state index in [1.54, 1.807) is 6.08 Å². The van der Waals surface area contributed by atoms with E-state index >= 15 is 4.39 Å². The summed E-state index contributed by atoms with van der Waals surface area (Å²) in [6, 6.07) is 2.25. The van der Waals surface area contributed by atoms with Crippen LogP contribution in [-0.4, -0.2) is 32.9 Å². The van der Waals surface area contributed by atoms with Crippen molar-refractivity contribution >= 4 is 17.7 Å². The van der Waals surface area contributed by atoms with Crippen LogP contribution in [0.15, 0.2) is 18.2 Å². The van der Waals surface area contributed by atoms with Crippen LogP contribution in [0.4, 0.5) is 23.2 Å². The minimum absolute atomic E-state index is 0.0445. The van der Waals surface area contributed by atoms with Crippen LogP contribution in [0, 0.1) is 11.2 Å². The maximum absolute atomic E-state index is 15.0. The second kappa shape index (κ2) is 8.16. The lowest BCUT2D eigenvalue weighted by molar-refractivity contribution is -0.141. The van der Waals surface area contributed by atoms with Gasteiger partial charge in [-0.05, 0) is 43.6 Å². The van der Waals surface area contributed by atoms with Gasteiger partial charge in [0, 0.05) is 17.7 Å². The summed E-state index contributed by atoms with van der Waals surface area (Å²) in [5.41, 5.74) is 4.02. The Morgan fingerprint density at radius 3 is 2.52 bits per heavy atom. The lowest BCUT2D eigenvalue weighted by atomic mass is 9.81. The maximum atomic E-state index is 15.0. The van der Waals surface area contributed by atoms with E-state index in [0.29, 0.717) is 31.4 Å². The lowest BCUT2D eigenvalue weighted by Crippen LogP contribution is -2.29. The Balaban J connectivity index is 1.83. The third-order valence-corrected chi connectivity index (χ3v) is 6.24. The number of primary amides is 1. The lowest BCUT2D eigenvalue weighted by Gasteiger charge is -2.28. The van der Waals surface area contributed by atoms with Gasteiger partial charge >= 0.3 is 6.18 Å². The van der Waals surface area contributed by atoms with Crippen molar-refractivity contribution in [2.45, 2.75) is 64.3 Å². The number of rotatable bonds is 4. The third kappa shape index (κ3) is 4.62. The van der Waals surface area contributed by atoms with Gasteiger partial charge in [0.1, 0.15) is 5.82 Å². The molecule has 1 heterocycles. The van der Waals surface area contributed by atoms with Crippen molar-refractivity contribution in [1.82, 2.24) is 9.78 Å². The normalized spacial score (nSPS) is 22.2. The molecule has 1 fully saturated rings. The number of hydrogen-bond acceptors (Lipinski definition) is 4. The second-order valence-corrected chi connectivity index (χ2v) is 9.48. The highest BCUT2D eigenvalue weighted by Gasteiger charge is 2.41. The molecule has 0 bridgehead atoms. The summed E-state index contributed by atoms with van der Waals surface area (Å²) in [6.45, 7) is 3.77. The van der Waals surface area contributed by atoms with Gasteiger partial charge in [-0.1, -0.05) is 26.0 Å². The number of nitrogens with two attached hydrogens (primary N) is 1. The number of anilines is 1. The smallest absolute Gasteiger partial charge is 0.393 e. The quantitative estimate of drug-likeness (QED) is 0.581. The van der Waals surface area contributed by atoms with Crippen molar-refractivity contribution in [2.75, 3.05) is 5.32 Å². The number of halogens is 4. The molecule has 0 radical (unpaired) electrons. The molecule has 2 aromatic rings. The number of alkyl halides is 3. The van der Waals surface area contributed by atoms with Gasteiger partial charge in [0.05, 0.1) is 28.7 Å². The van der Waals surface area contributed by atoms with E-state index in [2.05, 4.69) is 10.4 Å². The molecule has 0 spiro atoms. The van der Waals surface area contributed by atoms with Gasteiger partial charge in [-0.2, -0.15) is 18.3 Å². The Bertz CT molecular complexity index is 1110. The van der Waals surface area contributed by atoms with Gasteiger partial charge in [0.2, 0.25) is 0 Å². The summed E-state index contributed by atoms with van der Waals surface area (Å²) in [4.78, 5) is 12.0. The van der Waals surface area contributed by atoms with E-state index in [4.69, 9.17) is 5.73 Å². The van der Waals surface area contributed by atoms with E-state index in [0.717, 1.165) is 10.7 Å². The molecule has 10 heteroatoms. The van der Waals surface area contributed by atoms with Gasteiger partial charge in [-0.3, -0.25) is 4.79 Å².